The molecule has 3 aromatic carbocycles. The second kappa shape index (κ2) is 10.8. The van der Waals surface area contributed by atoms with Gasteiger partial charge in [0.15, 0.2) is 0 Å². The van der Waals surface area contributed by atoms with E-state index in [1.807, 2.05) is 51.1 Å². The molecule has 1 amide bonds. The molecule has 0 saturated carbocycles. The van der Waals surface area contributed by atoms with Crippen LogP contribution in [0.5, 0.6) is 0 Å². The van der Waals surface area contributed by atoms with Crippen LogP contribution < -0.4 is 9.73 Å². The summed E-state index contributed by atoms with van der Waals surface area (Å²) in [6, 6.07) is 22.8. The molecule has 0 fully saturated rings. The second-order valence-electron chi connectivity index (χ2n) is 8.59. The number of hydrogen-bond donors (Lipinski definition) is 1. The Morgan fingerprint density at radius 1 is 0.973 bits per heavy atom. The summed E-state index contributed by atoms with van der Waals surface area (Å²) < 4.78 is 43.1. The Bertz CT molecular complexity index is 1530. The highest BCUT2D eigenvalue weighted by atomic mass is 32.2. The number of halogens is 1. The van der Waals surface area contributed by atoms with E-state index in [0.717, 1.165) is 39.1 Å². The van der Waals surface area contributed by atoms with Gasteiger partial charge in [0, 0.05) is 22.6 Å². The lowest BCUT2D eigenvalue weighted by Crippen LogP contribution is -2.39. The van der Waals surface area contributed by atoms with Crippen LogP contribution in [0.15, 0.2) is 94.9 Å². The van der Waals surface area contributed by atoms with Crippen molar-refractivity contribution in [1.29, 1.82) is 0 Å². The SMILES string of the molecule is Cc1ccc(-n2c(C)cc(/C=N\NC(=O)CN(c3ccc(F)cc3)S(=O)(=O)c3ccccc3)c2C)cc1. The van der Waals surface area contributed by atoms with Crippen LogP contribution in [0.3, 0.4) is 0 Å². The molecule has 0 spiro atoms. The predicted octanol–water partition coefficient (Wildman–Crippen LogP) is 4.89. The quantitative estimate of drug-likeness (QED) is 0.266. The van der Waals surface area contributed by atoms with Crippen molar-refractivity contribution in [3.05, 3.63) is 113 Å². The van der Waals surface area contributed by atoms with Crippen LogP contribution in [0.4, 0.5) is 10.1 Å². The van der Waals surface area contributed by atoms with E-state index in [1.165, 1.54) is 36.0 Å². The number of hydrogen-bond acceptors (Lipinski definition) is 4. The zero-order valence-electron chi connectivity index (χ0n) is 20.7. The van der Waals surface area contributed by atoms with E-state index >= 15 is 0 Å². The number of nitrogens with zero attached hydrogens (tertiary/aromatic N) is 3. The molecule has 1 N–H and O–H groups in total. The lowest BCUT2D eigenvalue weighted by Gasteiger charge is -2.23. The molecule has 0 unspecified atom stereocenters. The van der Waals surface area contributed by atoms with Crippen LogP contribution in [0.2, 0.25) is 0 Å². The van der Waals surface area contributed by atoms with Crippen LogP contribution in [0, 0.1) is 26.6 Å². The first-order valence-corrected chi connectivity index (χ1v) is 13.0. The fourth-order valence-corrected chi connectivity index (χ4v) is 5.43. The third kappa shape index (κ3) is 5.78. The van der Waals surface area contributed by atoms with E-state index in [0.29, 0.717) is 0 Å². The van der Waals surface area contributed by atoms with E-state index < -0.39 is 28.3 Å². The number of amides is 1. The molecule has 0 bridgehead atoms. The lowest BCUT2D eigenvalue weighted by atomic mass is 10.2. The van der Waals surface area contributed by atoms with Gasteiger partial charge in [-0.05, 0) is 75.4 Å². The Morgan fingerprint density at radius 3 is 2.27 bits per heavy atom. The van der Waals surface area contributed by atoms with Gasteiger partial charge in [0.25, 0.3) is 15.9 Å². The van der Waals surface area contributed by atoms with Crippen LogP contribution in [-0.4, -0.2) is 31.7 Å². The monoisotopic (exact) mass is 518 g/mol. The molecule has 0 aliphatic rings. The van der Waals surface area contributed by atoms with Gasteiger partial charge in [-0.3, -0.25) is 9.10 Å². The average molecular weight is 519 g/mol. The molecule has 0 aliphatic heterocycles. The average Bonchev–Trinajstić information content (AvgIpc) is 3.17. The number of hydrazone groups is 1. The number of aryl methyl sites for hydroxylation is 2. The normalized spacial score (nSPS) is 11.6. The number of rotatable bonds is 8. The van der Waals surface area contributed by atoms with Gasteiger partial charge < -0.3 is 4.57 Å². The topological polar surface area (TPSA) is 83.8 Å². The summed E-state index contributed by atoms with van der Waals surface area (Å²) >= 11 is 0. The van der Waals surface area contributed by atoms with Gasteiger partial charge in [-0.1, -0.05) is 35.9 Å². The van der Waals surface area contributed by atoms with Crippen molar-refractivity contribution in [3.63, 3.8) is 0 Å². The highest BCUT2D eigenvalue weighted by Crippen LogP contribution is 2.24. The highest BCUT2D eigenvalue weighted by molar-refractivity contribution is 7.92. The minimum Gasteiger partial charge on any atom is -0.318 e. The Morgan fingerprint density at radius 2 is 1.62 bits per heavy atom. The molecule has 0 aliphatic carbocycles. The number of sulfonamides is 1. The van der Waals surface area contributed by atoms with Gasteiger partial charge >= 0.3 is 0 Å². The van der Waals surface area contributed by atoms with Gasteiger partial charge in [0.2, 0.25) is 0 Å². The Balaban J connectivity index is 1.53. The maximum atomic E-state index is 13.5. The van der Waals surface area contributed by atoms with Crippen molar-refractivity contribution in [2.75, 3.05) is 10.8 Å². The molecule has 9 heteroatoms. The number of nitrogens with one attached hydrogen (secondary N) is 1. The van der Waals surface area contributed by atoms with Crippen LogP contribution >= 0.6 is 0 Å². The first kappa shape index (κ1) is 25.8. The largest absolute Gasteiger partial charge is 0.318 e. The summed E-state index contributed by atoms with van der Waals surface area (Å²) in [7, 11) is -4.09. The standard InChI is InChI=1S/C28H27FN4O3S/c1-20-9-13-26(14-10-20)33-21(2)17-23(22(33)3)18-30-31-28(34)19-32(25-15-11-24(29)12-16-25)37(35,36)27-7-5-4-6-8-27/h4-18H,19H2,1-3H3,(H,31,34)/b30-18-. The molecule has 4 rings (SSSR count). The van der Waals surface area contributed by atoms with Gasteiger partial charge in [-0.2, -0.15) is 5.10 Å². The van der Waals surface area contributed by atoms with Gasteiger partial charge in [0.1, 0.15) is 12.4 Å². The third-order valence-corrected chi connectivity index (χ3v) is 7.68. The number of anilines is 1. The van der Waals surface area contributed by atoms with Crippen LogP contribution in [-0.2, 0) is 14.8 Å². The van der Waals surface area contributed by atoms with Crippen molar-refractivity contribution in [3.8, 4) is 5.69 Å². The first-order chi connectivity index (χ1) is 17.7. The minimum atomic E-state index is -4.09. The molecule has 190 valence electrons. The fraction of sp³-hybridized carbons (Fsp3) is 0.143. The maximum absolute atomic E-state index is 13.5. The molecule has 1 aromatic heterocycles. The number of benzene rings is 3. The van der Waals surface area contributed by atoms with E-state index in [4.69, 9.17) is 0 Å². The minimum absolute atomic E-state index is 0.0131. The number of aromatic nitrogens is 1. The summed E-state index contributed by atoms with van der Waals surface area (Å²) in [5.41, 5.74) is 7.51. The fourth-order valence-electron chi connectivity index (χ4n) is 3.99. The van der Waals surface area contributed by atoms with Crippen molar-refractivity contribution >= 4 is 27.8 Å². The molecule has 4 aromatic rings. The lowest BCUT2D eigenvalue weighted by molar-refractivity contribution is -0.119. The predicted molar refractivity (Wildman–Crippen MR) is 143 cm³/mol. The van der Waals surface area contributed by atoms with Crippen LogP contribution in [0.25, 0.3) is 5.69 Å². The second-order valence-corrected chi connectivity index (χ2v) is 10.5. The zero-order chi connectivity index (χ0) is 26.6. The molecule has 7 nitrogen and oxygen atoms in total. The van der Waals surface area contributed by atoms with Gasteiger partial charge in [-0.25, -0.2) is 18.2 Å². The number of carbonyl (C=O) groups excluding carboxylic acids is 1. The zero-order valence-corrected chi connectivity index (χ0v) is 21.5. The van der Waals surface area contributed by atoms with E-state index in [-0.39, 0.29) is 10.6 Å². The molecule has 1 heterocycles. The van der Waals surface area contributed by atoms with E-state index in [1.54, 1.807) is 18.2 Å². The first-order valence-electron chi connectivity index (χ1n) is 11.6. The summed E-state index contributed by atoms with van der Waals surface area (Å²) in [6.45, 7) is 5.43. The van der Waals surface area contributed by atoms with Crippen LogP contribution in [0.1, 0.15) is 22.5 Å². The molecular formula is C28H27FN4O3S. The summed E-state index contributed by atoms with van der Waals surface area (Å²) in [4.78, 5) is 12.8. The van der Waals surface area contributed by atoms with Gasteiger partial charge in [0.05, 0.1) is 16.8 Å². The van der Waals surface area contributed by atoms with Crippen molar-refractivity contribution < 1.29 is 17.6 Å². The van der Waals surface area contributed by atoms with E-state index in [2.05, 4.69) is 15.1 Å². The molecular weight excluding hydrogens is 491 g/mol. The van der Waals surface area contributed by atoms with Crippen molar-refractivity contribution in [2.24, 2.45) is 5.10 Å². The Hall–Kier alpha value is -4.24. The summed E-state index contributed by atoms with van der Waals surface area (Å²) in [5.74, 6) is -1.16. The molecule has 0 saturated heterocycles. The highest BCUT2D eigenvalue weighted by Gasteiger charge is 2.27. The van der Waals surface area contributed by atoms with Crippen molar-refractivity contribution in [1.82, 2.24) is 9.99 Å². The Labute approximate surface area is 215 Å². The summed E-state index contributed by atoms with van der Waals surface area (Å²) in [6.07, 6.45) is 1.53. The number of carbonyl (C=O) groups is 1. The molecule has 0 radical (unpaired) electrons. The van der Waals surface area contributed by atoms with Crippen molar-refractivity contribution in [2.45, 2.75) is 25.7 Å². The Kier molecular flexibility index (Phi) is 7.54. The van der Waals surface area contributed by atoms with E-state index in [9.17, 15) is 17.6 Å². The smallest absolute Gasteiger partial charge is 0.264 e. The third-order valence-electron chi connectivity index (χ3n) is 5.89. The molecule has 37 heavy (non-hydrogen) atoms. The maximum Gasteiger partial charge on any atom is 0.264 e. The van der Waals surface area contributed by atoms with Gasteiger partial charge in [-0.15, -0.1) is 0 Å². The summed E-state index contributed by atoms with van der Waals surface area (Å²) in [5, 5.41) is 4.06. The molecule has 0 atom stereocenters.